The first-order chi connectivity index (χ1) is 14.3. The predicted octanol–water partition coefficient (Wildman–Crippen LogP) is 5.51. The van der Waals surface area contributed by atoms with Crippen LogP contribution in [0.25, 0.3) is 0 Å². The quantitative estimate of drug-likeness (QED) is 0.596. The summed E-state index contributed by atoms with van der Waals surface area (Å²) in [6.45, 7) is 4.14. The van der Waals surface area contributed by atoms with Gasteiger partial charge in [-0.15, -0.1) is 0 Å². The fraction of sp³-hybridized carbons (Fsp3) is 0.731. The summed E-state index contributed by atoms with van der Waals surface area (Å²) in [5, 5.41) is 28.7. The smallest absolute Gasteiger partial charge is 0.306 e. The maximum Gasteiger partial charge on any atom is 0.306 e. The Balaban J connectivity index is 0.000000185. The number of rotatable bonds is 2. The van der Waals surface area contributed by atoms with Crippen LogP contribution in [0, 0.1) is 29.1 Å². The Hall–Kier alpha value is -1.55. The standard InChI is InChI=1S/C18H24O2.C8H14O2/c1-18-9-8-14-13-5-3-12(19)10-11(13)2-4-15(14)16(18)6-7-17(18)20;1-6(8(9)10)7-4-2-3-5-7/h3,5,10,14-17,19-20H,2,4,6-9H2,1H3;6-7H,2-5H2,1H3,(H,9,10)/t14-,15-,16+,17+,18+;/m1./s1. The average molecular weight is 415 g/mol. The Morgan fingerprint density at radius 2 is 1.83 bits per heavy atom. The first kappa shape index (κ1) is 21.7. The molecule has 0 heterocycles. The third kappa shape index (κ3) is 3.88. The van der Waals surface area contributed by atoms with E-state index in [1.165, 1.54) is 43.2 Å². The summed E-state index contributed by atoms with van der Waals surface area (Å²) in [6.07, 6.45) is 11.5. The third-order valence-corrected chi connectivity index (χ3v) is 9.16. The van der Waals surface area contributed by atoms with Crippen LogP contribution in [-0.4, -0.2) is 27.4 Å². The normalized spacial score (nSPS) is 36.1. The van der Waals surface area contributed by atoms with Crippen molar-refractivity contribution in [1.82, 2.24) is 0 Å². The Morgan fingerprint density at radius 1 is 1.10 bits per heavy atom. The van der Waals surface area contributed by atoms with Gasteiger partial charge in [-0.2, -0.15) is 0 Å². The number of carbonyl (C=O) groups is 1. The number of aliphatic carboxylic acids is 1. The van der Waals surface area contributed by atoms with Crippen molar-refractivity contribution in [2.75, 3.05) is 0 Å². The second-order valence-corrected chi connectivity index (χ2v) is 10.6. The van der Waals surface area contributed by atoms with E-state index in [0.29, 0.717) is 23.5 Å². The summed E-state index contributed by atoms with van der Waals surface area (Å²) in [5.41, 5.74) is 2.99. The molecule has 1 unspecified atom stereocenters. The minimum Gasteiger partial charge on any atom is -0.508 e. The van der Waals surface area contributed by atoms with Crippen molar-refractivity contribution in [3.63, 3.8) is 0 Å². The molecule has 4 aliphatic rings. The number of phenols is 1. The summed E-state index contributed by atoms with van der Waals surface area (Å²) in [4.78, 5) is 10.5. The molecule has 4 aliphatic carbocycles. The van der Waals surface area contributed by atoms with Crippen molar-refractivity contribution in [1.29, 1.82) is 0 Å². The van der Waals surface area contributed by atoms with Gasteiger partial charge in [0.1, 0.15) is 5.75 Å². The van der Waals surface area contributed by atoms with E-state index in [-0.39, 0.29) is 17.4 Å². The molecule has 166 valence electrons. The van der Waals surface area contributed by atoms with Gasteiger partial charge in [0.05, 0.1) is 12.0 Å². The lowest BCUT2D eigenvalue weighted by Gasteiger charge is -2.50. The lowest BCUT2D eigenvalue weighted by Crippen LogP contribution is -2.43. The van der Waals surface area contributed by atoms with Gasteiger partial charge in [-0.1, -0.05) is 32.8 Å². The van der Waals surface area contributed by atoms with Gasteiger partial charge in [0.15, 0.2) is 0 Å². The molecule has 5 rings (SSSR count). The second-order valence-electron chi connectivity index (χ2n) is 10.6. The molecule has 0 radical (unpaired) electrons. The van der Waals surface area contributed by atoms with Crippen LogP contribution in [0.1, 0.15) is 88.7 Å². The number of carboxylic acid groups (broad SMARTS) is 1. The summed E-state index contributed by atoms with van der Waals surface area (Å²) in [6, 6.07) is 5.96. The number of benzene rings is 1. The highest BCUT2D eigenvalue weighted by Gasteiger charge is 2.54. The Bertz CT molecular complexity index is 768. The Morgan fingerprint density at radius 3 is 2.53 bits per heavy atom. The molecular weight excluding hydrogens is 376 g/mol. The molecular formula is C26H38O4. The van der Waals surface area contributed by atoms with E-state index in [1.54, 1.807) is 0 Å². The first-order valence-corrected chi connectivity index (χ1v) is 12.0. The van der Waals surface area contributed by atoms with Crippen molar-refractivity contribution in [2.45, 2.75) is 90.1 Å². The molecule has 3 N–H and O–H groups in total. The highest BCUT2D eigenvalue weighted by atomic mass is 16.4. The van der Waals surface area contributed by atoms with Gasteiger partial charge in [-0.25, -0.2) is 0 Å². The lowest BCUT2D eigenvalue weighted by molar-refractivity contribution is -0.142. The highest BCUT2D eigenvalue weighted by Crippen LogP contribution is 2.60. The molecule has 0 bridgehead atoms. The van der Waals surface area contributed by atoms with Gasteiger partial charge < -0.3 is 15.3 Å². The van der Waals surface area contributed by atoms with Crippen LogP contribution in [-0.2, 0) is 11.2 Å². The summed E-state index contributed by atoms with van der Waals surface area (Å²) < 4.78 is 0. The fourth-order valence-electron chi connectivity index (χ4n) is 7.20. The van der Waals surface area contributed by atoms with E-state index in [0.717, 1.165) is 38.0 Å². The SMILES string of the molecule is CC(C(=O)O)C1CCCC1.C[C@]12CC[C@@H]3c4ccc(O)cc4CC[C@H]3[C@@H]1CC[C@@H]2O. The van der Waals surface area contributed by atoms with Gasteiger partial charge in [0.2, 0.25) is 0 Å². The maximum atomic E-state index is 10.5. The van der Waals surface area contributed by atoms with Gasteiger partial charge in [0.25, 0.3) is 0 Å². The van der Waals surface area contributed by atoms with Crippen LogP contribution < -0.4 is 0 Å². The molecule has 30 heavy (non-hydrogen) atoms. The molecule has 0 spiro atoms. The second kappa shape index (κ2) is 8.53. The zero-order valence-electron chi connectivity index (χ0n) is 18.5. The molecule has 4 nitrogen and oxygen atoms in total. The van der Waals surface area contributed by atoms with E-state index in [2.05, 4.69) is 13.0 Å². The van der Waals surface area contributed by atoms with Crippen LogP contribution in [0.2, 0.25) is 0 Å². The highest BCUT2D eigenvalue weighted by molar-refractivity contribution is 5.69. The molecule has 0 aliphatic heterocycles. The number of fused-ring (bicyclic) bond motifs is 5. The molecule has 0 amide bonds. The largest absolute Gasteiger partial charge is 0.508 e. The molecule has 0 saturated heterocycles. The monoisotopic (exact) mass is 414 g/mol. The number of aryl methyl sites for hydroxylation is 1. The molecule has 1 aromatic carbocycles. The zero-order chi connectivity index (χ0) is 21.5. The van der Waals surface area contributed by atoms with Crippen LogP contribution in [0.5, 0.6) is 5.75 Å². The molecule has 0 aromatic heterocycles. The zero-order valence-corrected chi connectivity index (χ0v) is 18.5. The Kier molecular flexibility index (Phi) is 6.16. The summed E-state index contributed by atoms with van der Waals surface area (Å²) in [7, 11) is 0. The molecule has 3 fully saturated rings. The van der Waals surface area contributed by atoms with Crippen LogP contribution in [0.15, 0.2) is 18.2 Å². The van der Waals surface area contributed by atoms with Gasteiger partial charge in [0, 0.05) is 0 Å². The number of aliphatic hydroxyl groups is 1. The lowest BCUT2D eigenvalue weighted by atomic mass is 9.55. The maximum absolute atomic E-state index is 10.5. The van der Waals surface area contributed by atoms with E-state index in [9.17, 15) is 15.0 Å². The fourth-order valence-corrected chi connectivity index (χ4v) is 7.20. The van der Waals surface area contributed by atoms with E-state index in [1.807, 2.05) is 19.1 Å². The molecule has 3 saturated carbocycles. The van der Waals surface area contributed by atoms with Crippen molar-refractivity contribution in [2.24, 2.45) is 29.1 Å². The van der Waals surface area contributed by atoms with Crippen molar-refractivity contribution in [3.8, 4) is 5.75 Å². The van der Waals surface area contributed by atoms with Crippen molar-refractivity contribution < 1.29 is 20.1 Å². The third-order valence-electron chi connectivity index (χ3n) is 9.16. The number of hydrogen-bond acceptors (Lipinski definition) is 3. The van der Waals surface area contributed by atoms with Gasteiger partial charge in [-0.3, -0.25) is 4.79 Å². The molecule has 1 aromatic rings. The summed E-state index contributed by atoms with van der Waals surface area (Å²) in [5.74, 6) is 2.19. The number of hydrogen-bond donors (Lipinski definition) is 3. The number of carboxylic acids is 1. The summed E-state index contributed by atoms with van der Waals surface area (Å²) >= 11 is 0. The molecule has 6 atom stereocenters. The van der Waals surface area contributed by atoms with E-state index < -0.39 is 5.97 Å². The topological polar surface area (TPSA) is 77.8 Å². The Labute approximate surface area is 180 Å². The number of aliphatic hydroxyl groups excluding tert-OH is 1. The predicted molar refractivity (Wildman–Crippen MR) is 117 cm³/mol. The molecule has 4 heteroatoms. The van der Waals surface area contributed by atoms with Gasteiger partial charge >= 0.3 is 5.97 Å². The minimum atomic E-state index is -0.632. The number of phenolic OH excluding ortho intramolecular Hbond substituents is 1. The van der Waals surface area contributed by atoms with E-state index in [4.69, 9.17) is 5.11 Å². The minimum absolute atomic E-state index is 0.0883. The van der Waals surface area contributed by atoms with Gasteiger partial charge in [-0.05, 0) is 104 Å². The van der Waals surface area contributed by atoms with E-state index >= 15 is 0 Å². The average Bonchev–Trinajstić information content (AvgIpc) is 3.36. The van der Waals surface area contributed by atoms with Crippen LogP contribution in [0.3, 0.4) is 0 Å². The first-order valence-electron chi connectivity index (χ1n) is 12.0. The van der Waals surface area contributed by atoms with Crippen molar-refractivity contribution >= 4 is 5.97 Å². The number of aromatic hydroxyl groups is 1. The van der Waals surface area contributed by atoms with Crippen LogP contribution >= 0.6 is 0 Å². The van der Waals surface area contributed by atoms with Crippen LogP contribution in [0.4, 0.5) is 0 Å². The van der Waals surface area contributed by atoms with Crippen molar-refractivity contribution in [3.05, 3.63) is 29.3 Å².